The molecule has 0 aromatic carbocycles. The fraction of sp³-hybridized carbons (Fsp3) is 0.600. The zero-order chi connectivity index (χ0) is 13.9. The minimum Gasteiger partial charge on any atom is -0.340 e. The van der Waals surface area contributed by atoms with Crippen LogP contribution in [0.3, 0.4) is 0 Å². The topological polar surface area (TPSA) is 45.5 Å². The maximum atomic E-state index is 4.67. The van der Waals surface area contributed by atoms with Gasteiger partial charge in [0.2, 0.25) is 5.95 Å². The third kappa shape index (κ3) is 2.63. The number of anilines is 1. The molecular formula is C15H23N5. The molecule has 0 saturated carbocycles. The summed E-state index contributed by atoms with van der Waals surface area (Å²) in [7, 11) is 0. The molecular weight excluding hydrogens is 250 g/mol. The number of rotatable bonds is 4. The average molecular weight is 273 g/mol. The summed E-state index contributed by atoms with van der Waals surface area (Å²) in [4.78, 5) is 6.98. The Hall–Kier alpha value is -1.62. The molecule has 3 rings (SSSR count). The monoisotopic (exact) mass is 273 g/mol. The van der Waals surface area contributed by atoms with Crippen LogP contribution in [0.15, 0.2) is 18.2 Å². The molecule has 2 aromatic heterocycles. The smallest absolute Gasteiger partial charge is 0.245 e. The molecule has 108 valence electrons. The van der Waals surface area contributed by atoms with Crippen molar-refractivity contribution in [1.29, 1.82) is 0 Å². The second-order valence-electron chi connectivity index (χ2n) is 5.58. The van der Waals surface area contributed by atoms with Gasteiger partial charge in [-0.05, 0) is 57.8 Å². The van der Waals surface area contributed by atoms with Gasteiger partial charge in [0.15, 0.2) is 5.65 Å². The summed E-state index contributed by atoms with van der Waals surface area (Å²) in [5, 5.41) is 8.09. The minimum absolute atomic E-state index is 0.754. The van der Waals surface area contributed by atoms with Gasteiger partial charge in [-0.1, -0.05) is 6.07 Å². The first-order chi connectivity index (χ1) is 9.78. The van der Waals surface area contributed by atoms with Crippen molar-refractivity contribution >= 4 is 11.6 Å². The number of hydrogen-bond acceptors (Lipinski definition) is 4. The number of hydrogen-bond donors (Lipinski definition) is 1. The van der Waals surface area contributed by atoms with Gasteiger partial charge in [-0.25, -0.2) is 4.52 Å². The number of pyridine rings is 1. The predicted octanol–water partition coefficient (Wildman–Crippen LogP) is 1.86. The number of nitrogens with zero attached hydrogens (tertiary/aromatic N) is 4. The lowest BCUT2D eigenvalue weighted by Gasteiger charge is -2.28. The van der Waals surface area contributed by atoms with E-state index >= 15 is 0 Å². The van der Waals surface area contributed by atoms with Crippen molar-refractivity contribution in [3.05, 3.63) is 23.9 Å². The Morgan fingerprint density at radius 2 is 2.15 bits per heavy atom. The highest BCUT2D eigenvalue weighted by Gasteiger charge is 2.19. The van der Waals surface area contributed by atoms with E-state index in [9.17, 15) is 0 Å². The van der Waals surface area contributed by atoms with Crippen molar-refractivity contribution in [2.45, 2.75) is 26.7 Å². The Labute approximate surface area is 120 Å². The largest absolute Gasteiger partial charge is 0.340 e. The normalized spacial score (nSPS) is 16.7. The van der Waals surface area contributed by atoms with E-state index in [0.29, 0.717) is 0 Å². The minimum atomic E-state index is 0.754. The van der Waals surface area contributed by atoms with Gasteiger partial charge in [0.25, 0.3) is 0 Å². The van der Waals surface area contributed by atoms with Crippen LogP contribution in [0.5, 0.6) is 0 Å². The van der Waals surface area contributed by atoms with Crippen LogP contribution in [-0.2, 0) is 0 Å². The van der Waals surface area contributed by atoms with Crippen LogP contribution >= 0.6 is 0 Å². The third-order valence-electron chi connectivity index (χ3n) is 4.14. The summed E-state index contributed by atoms with van der Waals surface area (Å²) < 4.78 is 1.93. The van der Waals surface area contributed by atoms with Crippen molar-refractivity contribution < 1.29 is 0 Å². The van der Waals surface area contributed by atoms with E-state index in [2.05, 4.69) is 40.2 Å². The molecule has 1 aliphatic heterocycles. The molecule has 0 aliphatic carbocycles. The van der Waals surface area contributed by atoms with E-state index in [1.807, 2.05) is 16.6 Å². The van der Waals surface area contributed by atoms with E-state index in [-0.39, 0.29) is 0 Å². The van der Waals surface area contributed by atoms with Crippen molar-refractivity contribution in [2.75, 3.05) is 31.1 Å². The number of nitrogens with one attached hydrogen (secondary N) is 1. The van der Waals surface area contributed by atoms with E-state index in [4.69, 9.17) is 0 Å². The van der Waals surface area contributed by atoms with Gasteiger partial charge < -0.3 is 10.2 Å². The summed E-state index contributed by atoms with van der Waals surface area (Å²) >= 11 is 0. The molecule has 5 heteroatoms. The Morgan fingerprint density at radius 3 is 2.85 bits per heavy atom. The maximum Gasteiger partial charge on any atom is 0.245 e. The SMILES string of the molecule is CCN(CC1CCNCC1)c1nc2cccc(C)n2n1. The molecule has 3 heterocycles. The Bertz CT molecular complexity index is 571. The molecule has 0 amide bonds. The van der Waals surface area contributed by atoms with Gasteiger partial charge >= 0.3 is 0 Å². The molecule has 1 saturated heterocycles. The number of fused-ring (bicyclic) bond motifs is 1. The predicted molar refractivity (Wildman–Crippen MR) is 81.2 cm³/mol. The molecule has 1 fully saturated rings. The van der Waals surface area contributed by atoms with Gasteiger partial charge in [0.1, 0.15) is 0 Å². The molecule has 0 atom stereocenters. The Morgan fingerprint density at radius 1 is 1.35 bits per heavy atom. The van der Waals surface area contributed by atoms with Crippen molar-refractivity contribution in [1.82, 2.24) is 19.9 Å². The first-order valence-corrected chi connectivity index (χ1v) is 7.56. The van der Waals surface area contributed by atoms with E-state index < -0.39 is 0 Å². The average Bonchev–Trinajstić information content (AvgIpc) is 2.91. The van der Waals surface area contributed by atoms with E-state index in [0.717, 1.165) is 49.4 Å². The molecule has 1 N–H and O–H groups in total. The van der Waals surface area contributed by atoms with Gasteiger partial charge in [-0.15, -0.1) is 5.10 Å². The number of aromatic nitrogens is 3. The zero-order valence-corrected chi connectivity index (χ0v) is 12.3. The van der Waals surface area contributed by atoms with Crippen molar-refractivity contribution in [2.24, 2.45) is 5.92 Å². The van der Waals surface area contributed by atoms with Crippen LogP contribution in [0.1, 0.15) is 25.5 Å². The molecule has 1 aliphatic rings. The highest BCUT2D eigenvalue weighted by atomic mass is 15.4. The first-order valence-electron chi connectivity index (χ1n) is 7.56. The lowest BCUT2D eigenvalue weighted by atomic mass is 9.98. The second kappa shape index (κ2) is 5.79. The van der Waals surface area contributed by atoms with Crippen LogP contribution in [-0.4, -0.2) is 40.8 Å². The molecule has 0 spiro atoms. The van der Waals surface area contributed by atoms with Gasteiger partial charge in [-0.3, -0.25) is 0 Å². The maximum absolute atomic E-state index is 4.67. The van der Waals surface area contributed by atoms with Gasteiger partial charge in [0.05, 0.1) is 0 Å². The van der Waals surface area contributed by atoms with Gasteiger partial charge in [0, 0.05) is 18.8 Å². The third-order valence-corrected chi connectivity index (χ3v) is 4.14. The van der Waals surface area contributed by atoms with Crippen LogP contribution < -0.4 is 10.2 Å². The molecule has 5 nitrogen and oxygen atoms in total. The summed E-state index contributed by atoms with van der Waals surface area (Å²) in [6.45, 7) is 8.54. The van der Waals surface area contributed by atoms with Gasteiger partial charge in [-0.2, -0.15) is 4.98 Å². The number of aryl methyl sites for hydroxylation is 1. The van der Waals surface area contributed by atoms with Crippen molar-refractivity contribution in [3.8, 4) is 0 Å². The fourth-order valence-corrected chi connectivity index (χ4v) is 2.89. The van der Waals surface area contributed by atoms with Crippen molar-refractivity contribution in [3.63, 3.8) is 0 Å². The molecule has 0 bridgehead atoms. The summed E-state index contributed by atoms with van der Waals surface area (Å²) in [6.07, 6.45) is 2.51. The quantitative estimate of drug-likeness (QED) is 0.923. The van der Waals surface area contributed by atoms with E-state index in [1.165, 1.54) is 12.8 Å². The zero-order valence-electron chi connectivity index (χ0n) is 12.3. The lowest BCUT2D eigenvalue weighted by molar-refractivity contribution is 0.373. The Kier molecular flexibility index (Phi) is 3.87. The summed E-state index contributed by atoms with van der Waals surface area (Å²) in [5.41, 5.74) is 2.06. The van der Waals surface area contributed by atoms with E-state index in [1.54, 1.807) is 0 Å². The molecule has 20 heavy (non-hydrogen) atoms. The van der Waals surface area contributed by atoms with Crippen LogP contribution in [0.25, 0.3) is 5.65 Å². The number of piperidine rings is 1. The summed E-state index contributed by atoms with van der Waals surface area (Å²) in [5.74, 6) is 1.62. The molecule has 0 radical (unpaired) electrons. The fourth-order valence-electron chi connectivity index (χ4n) is 2.89. The molecule has 2 aromatic rings. The second-order valence-corrected chi connectivity index (χ2v) is 5.58. The van der Waals surface area contributed by atoms with Crippen LogP contribution in [0, 0.1) is 12.8 Å². The lowest BCUT2D eigenvalue weighted by Crippen LogP contribution is -2.36. The highest BCUT2D eigenvalue weighted by Crippen LogP contribution is 2.18. The summed E-state index contributed by atoms with van der Waals surface area (Å²) in [6, 6.07) is 6.11. The van der Waals surface area contributed by atoms with Crippen LogP contribution in [0.2, 0.25) is 0 Å². The molecule has 0 unspecified atom stereocenters. The highest BCUT2D eigenvalue weighted by molar-refractivity contribution is 5.45. The Balaban J connectivity index is 1.81. The standard InChI is InChI=1S/C15H23N5/c1-3-19(11-13-7-9-16-10-8-13)15-17-14-6-4-5-12(2)20(14)18-15/h4-6,13,16H,3,7-11H2,1-2H3. The first kappa shape index (κ1) is 13.4. The van der Waals surface area contributed by atoms with Crippen LogP contribution in [0.4, 0.5) is 5.95 Å².